The number of amides is 2. The monoisotopic (exact) mass is 578 g/mol. The highest BCUT2D eigenvalue weighted by molar-refractivity contribution is 6.34. The minimum atomic E-state index is -1.74. The number of aliphatic hydroxyl groups is 3. The summed E-state index contributed by atoms with van der Waals surface area (Å²) in [5.41, 5.74) is 0.178. The second-order valence-corrected chi connectivity index (χ2v) is 11.6. The molecular formula is C29H39ClN2O8. The van der Waals surface area contributed by atoms with Crippen molar-refractivity contribution in [1.82, 2.24) is 5.32 Å². The van der Waals surface area contributed by atoms with Crippen LogP contribution >= 0.6 is 11.6 Å². The molecule has 2 amide bonds. The molecule has 0 spiro atoms. The summed E-state index contributed by atoms with van der Waals surface area (Å²) in [5.74, 6) is -1.40. The van der Waals surface area contributed by atoms with E-state index in [0.29, 0.717) is 22.7 Å². The number of benzene rings is 1. The van der Waals surface area contributed by atoms with Gasteiger partial charge >= 0.3 is 6.09 Å². The molecule has 40 heavy (non-hydrogen) atoms. The Morgan fingerprint density at radius 2 is 2.00 bits per heavy atom. The number of carbonyl (C=O) groups is 2. The molecule has 4 rings (SSSR count). The molecule has 10 nitrogen and oxygen atoms in total. The SMILES string of the molecule is CO[C@H]1CC(=O)N(C)c2cc(cc(CO)c2Cl)C/C(C)=C/C=C/[C@@H](CO)[C@@]2(O)C[C@H](OC(=O)N2)[C@@H](C)C2O[C@]21C. The van der Waals surface area contributed by atoms with Crippen molar-refractivity contribution in [3.05, 3.63) is 52.1 Å². The summed E-state index contributed by atoms with van der Waals surface area (Å²) < 4.78 is 17.4. The van der Waals surface area contributed by atoms with Gasteiger partial charge in [0.15, 0.2) is 5.72 Å². The molecule has 1 unspecified atom stereocenters. The van der Waals surface area contributed by atoms with Gasteiger partial charge in [0.05, 0.1) is 42.6 Å². The molecule has 3 heterocycles. The van der Waals surface area contributed by atoms with Gasteiger partial charge in [-0.3, -0.25) is 10.1 Å². The lowest BCUT2D eigenvalue weighted by molar-refractivity contribution is -0.121. The first-order valence-corrected chi connectivity index (χ1v) is 13.8. The van der Waals surface area contributed by atoms with Gasteiger partial charge in [0, 0.05) is 32.4 Å². The number of alkyl carbamates (subject to hydrolysis) is 1. The van der Waals surface area contributed by atoms with Crippen molar-refractivity contribution in [3.63, 3.8) is 0 Å². The maximum atomic E-state index is 13.5. The number of epoxide rings is 1. The average molecular weight is 579 g/mol. The summed E-state index contributed by atoms with van der Waals surface area (Å²) in [6, 6.07) is 3.62. The molecule has 2 fully saturated rings. The summed E-state index contributed by atoms with van der Waals surface area (Å²) in [6.07, 6.45) is 3.22. The third kappa shape index (κ3) is 5.93. The van der Waals surface area contributed by atoms with Gasteiger partial charge in [0.1, 0.15) is 11.7 Å². The molecule has 0 saturated carbocycles. The van der Waals surface area contributed by atoms with Gasteiger partial charge in [-0.1, -0.05) is 48.4 Å². The largest absolute Gasteiger partial charge is 0.446 e. The highest BCUT2D eigenvalue weighted by Crippen LogP contribution is 2.49. The molecule has 2 saturated heterocycles. The number of nitrogens with one attached hydrogen (secondary N) is 1. The van der Waals surface area contributed by atoms with E-state index in [1.54, 1.807) is 25.3 Å². The van der Waals surface area contributed by atoms with Crippen LogP contribution in [0.25, 0.3) is 0 Å². The van der Waals surface area contributed by atoms with Crippen LogP contribution in [0.3, 0.4) is 0 Å². The highest BCUT2D eigenvalue weighted by atomic mass is 35.5. The fourth-order valence-electron chi connectivity index (χ4n) is 5.85. The van der Waals surface area contributed by atoms with Gasteiger partial charge in [-0.2, -0.15) is 0 Å². The number of allylic oxidation sites excluding steroid dienone is 3. The van der Waals surface area contributed by atoms with E-state index in [9.17, 15) is 24.9 Å². The normalized spacial score (nSPS) is 37.1. The molecule has 3 aliphatic rings. The fourth-order valence-corrected chi connectivity index (χ4v) is 6.15. The quantitative estimate of drug-likeness (QED) is 0.401. The standard InChI is InChI=1S/C29H39ClN2O8/c1-16-7-6-8-20(15-34)29(37)13-22(39-27(36)31-29)17(2)26-28(3,40-26)23(38-5)12-24(35)32(4)21-11-18(9-16)10-19(14-33)25(21)30/h6-8,10-11,17,20,22-23,26,33-34,37H,9,12-15H2,1-5H3,(H,31,36)/b8-6+,16-7+/t17-,20+,22+,23+,26?,28+,29+/m1/s1. The van der Waals surface area contributed by atoms with Crippen LogP contribution in [0.15, 0.2) is 35.9 Å². The summed E-state index contributed by atoms with van der Waals surface area (Å²) in [4.78, 5) is 27.5. The lowest BCUT2D eigenvalue weighted by atomic mass is 9.81. The number of hydrogen-bond donors (Lipinski definition) is 4. The first-order valence-electron chi connectivity index (χ1n) is 13.4. The summed E-state index contributed by atoms with van der Waals surface area (Å²) in [6.45, 7) is 4.93. The third-order valence-electron chi connectivity index (χ3n) is 8.44. The van der Waals surface area contributed by atoms with Crippen LogP contribution in [0.4, 0.5) is 10.5 Å². The molecule has 4 bridgehead atoms. The van der Waals surface area contributed by atoms with E-state index < -0.39 is 48.3 Å². The number of anilines is 1. The van der Waals surface area contributed by atoms with E-state index in [2.05, 4.69) is 5.32 Å². The second kappa shape index (κ2) is 11.8. The molecule has 7 atom stereocenters. The summed E-state index contributed by atoms with van der Waals surface area (Å²) in [5, 5.41) is 34.3. The molecule has 1 aromatic rings. The first-order chi connectivity index (χ1) is 18.9. The zero-order valence-electron chi connectivity index (χ0n) is 23.5. The van der Waals surface area contributed by atoms with E-state index in [1.165, 1.54) is 12.0 Å². The van der Waals surface area contributed by atoms with Crippen LogP contribution in [0.1, 0.15) is 44.7 Å². The molecule has 3 aliphatic heterocycles. The zero-order valence-corrected chi connectivity index (χ0v) is 24.3. The number of fused-ring (bicyclic) bond motifs is 5. The zero-order chi connectivity index (χ0) is 29.4. The Hall–Kier alpha value is -2.47. The highest BCUT2D eigenvalue weighted by Gasteiger charge is 2.63. The number of nitrogens with zero attached hydrogens (tertiary/aromatic N) is 1. The van der Waals surface area contributed by atoms with E-state index in [-0.39, 0.29) is 31.3 Å². The third-order valence-corrected chi connectivity index (χ3v) is 8.87. The predicted molar refractivity (Wildman–Crippen MR) is 149 cm³/mol. The number of methoxy groups -OCH3 is 1. The number of hydrogen-bond acceptors (Lipinski definition) is 8. The molecule has 0 radical (unpaired) electrons. The van der Waals surface area contributed by atoms with Crippen molar-refractivity contribution >= 4 is 29.3 Å². The molecule has 220 valence electrons. The van der Waals surface area contributed by atoms with E-state index in [4.69, 9.17) is 25.8 Å². The molecule has 11 heteroatoms. The van der Waals surface area contributed by atoms with Crippen LogP contribution in [0.2, 0.25) is 5.02 Å². The average Bonchev–Trinajstić information content (AvgIpc) is 3.60. The topological polar surface area (TPSA) is 141 Å². The maximum Gasteiger partial charge on any atom is 0.409 e. The van der Waals surface area contributed by atoms with Crippen molar-refractivity contribution in [2.75, 3.05) is 25.7 Å². The Bertz CT molecular complexity index is 1200. The van der Waals surface area contributed by atoms with Gasteiger partial charge < -0.3 is 34.4 Å². The van der Waals surface area contributed by atoms with Crippen molar-refractivity contribution in [1.29, 1.82) is 0 Å². The Kier molecular flexibility index (Phi) is 8.99. The Morgan fingerprint density at radius 3 is 2.65 bits per heavy atom. The van der Waals surface area contributed by atoms with Gasteiger partial charge in [0.2, 0.25) is 5.91 Å². The van der Waals surface area contributed by atoms with E-state index >= 15 is 0 Å². The number of aliphatic hydroxyl groups excluding tert-OH is 2. The van der Waals surface area contributed by atoms with Gasteiger partial charge in [-0.15, -0.1) is 0 Å². The van der Waals surface area contributed by atoms with Gasteiger partial charge in [-0.05, 0) is 37.5 Å². The van der Waals surface area contributed by atoms with Crippen LogP contribution in [0.5, 0.6) is 0 Å². The Morgan fingerprint density at radius 1 is 1.27 bits per heavy atom. The molecule has 0 aliphatic carbocycles. The van der Waals surface area contributed by atoms with Crippen LogP contribution in [0, 0.1) is 11.8 Å². The minimum Gasteiger partial charge on any atom is -0.446 e. The van der Waals surface area contributed by atoms with Gasteiger partial charge in [0.25, 0.3) is 0 Å². The van der Waals surface area contributed by atoms with E-state index in [0.717, 1.165) is 11.1 Å². The Labute approximate surface area is 239 Å². The van der Waals surface area contributed by atoms with Crippen molar-refractivity contribution in [2.45, 2.75) is 76.3 Å². The molecule has 0 aromatic heterocycles. The van der Waals surface area contributed by atoms with Crippen molar-refractivity contribution < 1.29 is 39.1 Å². The van der Waals surface area contributed by atoms with Gasteiger partial charge in [-0.25, -0.2) is 4.79 Å². The Balaban J connectivity index is 1.76. The fraction of sp³-hybridized carbons (Fsp3) is 0.586. The van der Waals surface area contributed by atoms with Crippen LogP contribution in [-0.2, 0) is 32.0 Å². The number of ether oxygens (including phenoxy) is 3. The first kappa shape index (κ1) is 30.5. The summed E-state index contributed by atoms with van der Waals surface area (Å²) >= 11 is 6.60. The second-order valence-electron chi connectivity index (χ2n) is 11.3. The number of carbonyl (C=O) groups excluding carboxylic acids is 2. The molecule has 4 N–H and O–H groups in total. The number of rotatable bonds is 3. The van der Waals surface area contributed by atoms with Crippen LogP contribution < -0.4 is 10.2 Å². The lowest BCUT2D eigenvalue weighted by Crippen LogP contribution is -2.62. The molecule has 1 aromatic carbocycles. The maximum absolute atomic E-state index is 13.5. The van der Waals surface area contributed by atoms with Crippen LogP contribution in [-0.4, -0.2) is 77.7 Å². The summed E-state index contributed by atoms with van der Waals surface area (Å²) in [7, 11) is 3.14. The minimum absolute atomic E-state index is 0.00683. The van der Waals surface area contributed by atoms with Crippen molar-refractivity contribution in [3.8, 4) is 0 Å². The number of halogens is 1. The lowest BCUT2D eigenvalue weighted by Gasteiger charge is -2.42. The van der Waals surface area contributed by atoms with Crippen molar-refractivity contribution in [2.24, 2.45) is 11.8 Å². The predicted octanol–water partition coefficient (Wildman–Crippen LogP) is 2.85. The van der Waals surface area contributed by atoms with E-state index in [1.807, 2.05) is 32.9 Å². The molecular weight excluding hydrogens is 540 g/mol. The smallest absolute Gasteiger partial charge is 0.409 e.